The van der Waals surface area contributed by atoms with Crippen molar-refractivity contribution in [2.24, 2.45) is 5.41 Å². The minimum atomic E-state index is -0.171. The molecule has 1 aromatic carbocycles. The Morgan fingerprint density at radius 2 is 1.81 bits per heavy atom. The van der Waals surface area contributed by atoms with Crippen LogP contribution >= 0.6 is 0 Å². The first-order valence-corrected chi connectivity index (χ1v) is 5.33. The first kappa shape index (κ1) is 12.6. The second-order valence-electron chi connectivity index (χ2n) is 4.83. The normalized spacial score (nSPS) is 11.1. The SMILES string of the molecule is COc1ccccc1N(C)C(=N)C(C)(C)C. The van der Waals surface area contributed by atoms with Gasteiger partial charge in [0.05, 0.1) is 12.8 Å². The molecule has 0 aliphatic rings. The van der Waals surface area contributed by atoms with Crippen LogP contribution in [0.4, 0.5) is 5.69 Å². The van der Waals surface area contributed by atoms with E-state index in [4.69, 9.17) is 10.1 Å². The van der Waals surface area contributed by atoms with Gasteiger partial charge in [-0.1, -0.05) is 32.9 Å². The predicted octanol–water partition coefficient (Wildman–Crippen LogP) is 3.15. The highest BCUT2D eigenvalue weighted by atomic mass is 16.5. The molecule has 0 aliphatic heterocycles. The highest BCUT2D eigenvalue weighted by Crippen LogP contribution is 2.29. The molecule has 1 N–H and O–H groups in total. The number of anilines is 1. The van der Waals surface area contributed by atoms with Crippen molar-refractivity contribution in [2.45, 2.75) is 20.8 Å². The summed E-state index contributed by atoms with van der Waals surface area (Å²) in [4.78, 5) is 1.86. The van der Waals surface area contributed by atoms with Gasteiger partial charge < -0.3 is 9.64 Å². The molecule has 3 heteroatoms. The number of methoxy groups -OCH3 is 1. The van der Waals surface area contributed by atoms with Gasteiger partial charge in [0.1, 0.15) is 11.6 Å². The Kier molecular flexibility index (Phi) is 3.58. The first-order valence-electron chi connectivity index (χ1n) is 5.33. The summed E-state index contributed by atoms with van der Waals surface area (Å²) in [6, 6.07) is 7.74. The Hall–Kier alpha value is -1.51. The van der Waals surface area contributed by atoms with Crippen LogP contribution in [0.1, 0.15) is 20.8 Å². The average molecular weight is 220 g/mol. The van der Waals surface area contributed by atoms with Crippen LogP contribution in [0.3, 0.4) is 0 Å². The monoisotopic (exact) mass is 220 g/mol. The number of rotatable bonds is 2. The fourth-order valence-electron chi connectivity index (χ4n) is 1.53. The number of hydrogen-bond donors (Lipinski definition) is 1. The molecule has 0 unspecified atom stereocenters. The maximum atomic E-state index is 8.13. The lowest BCUT2D eigenvalue weighted by Crippen LogP contribution is -2.36. The second kappa shape index (κ2) is 4.56. The third kappa shape index (κ3) is 2.54. The highest BCUT2D eigenvalue weighted by molar-refractivity contribution is 5.99. The summed E-state index contributed by atoms with van der Waals surface area (Å²) in [6.07, 6.45) is 0. The van der Waals surface area contributed by atoms with Gasteiger partial charge in [-0.2, -0.15) is 0 Å². The van der Waals surface area contributed by atoms with Gasteiger partial charge in [-0.3, -0.25) is 5.41 Å². The summed E-state index contributed by atoms with van der Waals surface area (Å²) < 4.78 is 5.29. The third-order valence-corrected chi connectivity index (χ3v) is 2.49. The van der Waals surface area contributed by atoms with Crippen LogP contribution < -0.4 is 9.64 Å². The summed E-state index contributed by atoms with van der Waals surface area (Å²) >= 11 is 0. The Bertz CT molecular complexity index is 380. The molecule has 0 fully saturated rings. The van der Waals surface area contributed by atoms with Crippen LogP contribution in [-0.4, -0.2) is 20.0 Å². The first-order chi connectivity index (χ1) is 7.38. The van der Waals surface area contributed by atoms with Gasteiger partial charge in [-0.25, -0.2) is 0 Å². The van der Waals surface area contributed by atoms with Crippen molar-refractivity contribution >= 4 is 11.5 Å². The maximum Gasteiger partial charge on any atom is 0.142 e. The van der Waals surface area contributed by atoms with Crippen LogP contribution in [0.2, 0.25) is 0 Å². The van der Waals surface area contributed by atoms with Crippen molar-refractivity contribution in [3.05, 3.63) is 24.3 Å². The maximum absolute atomic E-state index is 8.13. The number of nitrogens with zero attached hydrogens (tertiary/aromatic N) is 1. The average Bonchev–Trinajstić information content (AvgIpc) is 2.25. The smallest absolute Gasteiger partial charge is 0.142 e. The Balaban J connectivity index is 3.05. The van der Waals surface area contributed by atoms with Crippen LogP contribution in [0.5, 0.6) is 5.75 Å². The standard InChI is InChI=1S/C13H20N2O/c1-13(2,3)12(14)15(4)10-8-6-7-9-11(10)16-5/h6-9,14H,1-5H3. The molecular weight excluding hydrogens is 200 g/mol. The largest absolute Gasteiger partial charge is 0.495 e. The molecule has 0 saturated carbocycles. The summed E-state index contributed by atoms with van der Waals surface area (Å²) in [6.45, 7) is 6.09. The van der Waals surface area contributed by atoms with Crippen molar-refractivity contribution in [2.75, 3.05) is 19.1 Å². The van der Waals surface area contributed by atoms with Crippen LogP contribution in [-0.2, 0) is 0 Å². The number of amidine groups is 1. The molecule has 0 aliphatic carbocycles. The van der Waals surface area contributed by atoms with Gasteiger partial charge >= 0.3 is 0 Å². The summed E-state index contributed by atoms with van der Waals surface area (Å²) in [5, 5.41) is 8.13. The summed E-state index contributed by atoms with van der Waals surface area (Å²) in [5.41, 5.74) is 0.750. The van der Waals surface area contributed by atoms with Crippen LogP contribution in [0.15, 0.2) is 24.3 Å². The van der Waals surface area contributed by atoms with Crippen molar-refractivity contribution in [1.29, 1.82) is 5.41 Å². The molecule has 0 amide bonds. The van der Waals surface area contributed by atoms with Crippen molar-refractivity contribution in [1.82, 2.24) is 0 Å². The van der Waals surface area contributed by atoms with Gasteiger partial charge in [0.15, 0.2) is 0 Å². The number of para-hydroxylation sites is 2. The molecule has 0 bridgehead atoms. The molecule has 88 valence electrons. The molecule has 0 atom stereocenters. The molecular formula is C13H20N2O. The molecule has 3 nitrogen and oxygen atoms in total. The molecule has 16 heavy (non-hydrogen) atoms. The molecule has 0 spiro atoms. The van der Waals surface area contributed by atoms with Gasteiger partial charge in [0, 0.05) is 12.5 Å². The van der Waals surface area contributed by atoms with E-state index in [-0.39, 0.29) is 5.41 Å². The quantitative estimate of drug-likeness (QED) is 0.614. The molecule has 0 heterocycles. The summed E-state index contributed by atoms with van der Waals surface area (Å²) in [7, 11) is 3.54. The number of hydrogen-bond acceptors (Lipinski definition) is 2. The van der Waals surface area contributed by atoms with E-state index in [1.165, 1.54) is 0 Å². The third-order valence-electron chi connectivity index (χ3n) is 2.49. The van der Waals surface area contributed by atoms with E-state index in [2.05, 4.69) is 0 Å². The van der Waals surface area contributed by atoms with E-state index in [0.29, 0.717) is 5.84 Å². The molecule has 0 aromatic heterocycles. The molecule has 0 saturated heterocycles. The lowest BCUT2D eigenvalue weighted by atomic mass is 9.94. The lowest BCUT2D eigenvalue weighted by molar-refractivity contribution is 0.415. The minimum Gasteiger partial charge on any atom is -0.495 e. The van der Waals surface area contributed by atoms with Gasteiger partial charge in [0.2, 0.25) is 0 Å². The van der Waals surface area contributed by atoms with Gasteiger partial charge in [-0.05, 0) is 12.1 Å². The number of nitrogens with one attached hydrogen (secondary N) is 1. The Morgan fingerprint density at radius 3 is 2.31 bits per heavy atom. The zero-order valence-electron chi connectivity index (χ0n) is 10.7. The molecule has 1 rings (SSSR count). The fourth-order valence-corrected chi connectivity index (χ4v) is 1.53. The zero-order chi connectivity index (χ0) is 12.3. The Labute approximate surface area is 97.5 Å². The molecule has 0 radical (unpaired) electrons. The van der Waals surface area contributed by atoms with Crippen molar-refractivity contribution in [3.63, 3.8) is 0 Å². The Morgan fingerprint density at radius 1 is 1.25 bits per heavy atom. The van der Waals surface area contributed by atoms with Gasteiger partial charge in [-0.15, -0.1) is 0 Å². The predicted molar refractivity (Wildman–Crippen MR) is 68.6 cm³/mol. The van der Waals surface area contributed by atoms with E-state index in [9.17, 15) is 0 Å². The lowest BCUT2D eigenvalue weighted by Gasteiger charge is -2.30. The topological polar surface area (TPSA) is 36.3 Å². The number of benzene rings is 1. The van der Waals surface area contributed by atoms with Crippen molar-refractivity contribution < 1.29 is 4.74 Å². The van der Waals surface area contributed by atoms with E-state index in [1.54, 1.807) is 7.11 Å². The number of ether oxygens (including phenoxy) is 1. The highest BCUT2D eigenvalue weighted by Gasteiger charge is 2.23. The minimum absolute atomic E-state index is 0.171. The van der Waals surface area contributed by atoms with E-state index in [1.807, 2.05) is 57.0 Å². The summed E-state index contributed by atoms with van der Waals surface area (Å²) in [5.74, 6) is 1.36. The van der Waals surface area contributed by atoms with E-state index in [0.717, 1.165) is 11.4 Å². The molecule has 1 aromatic rings. The second-order valence-corrected chi connectivity index (χ2v) is 4.83. The van der Waals surface area contributed by atoms with E-state index >= 15 is 0 Å². The van der Waals surface area contributed by atoms with Crippen LogP contribution in [0.25, 0.3) is 0 Å². The van der Waals surface area contributed by atoms with E-state index < -0.39 is 0 Å². The van der Waals surface area contributed by atoms with Crippen LogP contribution in [0, 0.1) is 10.8 Å². The van der Waals surface area contributed by atoms with Gasteiger partial charge in [0.25, 0.3) is 0 Å². The van der Waals surface area contributed by atoms with Crippen molar-refractivity contribution in [3.8, 4) is 5.75 Å². The fraction of sp³-hybridized carbons (Fsp3) is 0.462. The zero-order valence-corrected chi connectivity index (χ0v) is 10.7.